The number of halogens is 1. The van der Waals surface area contributed by atoms with Crippen LogP contribution in [0.1, 0.15) is 33.3 Å². The standard InChI is InChI=1S/C16H27FN2/c1-15(2,3)12-19(5)16(4,11-18)10-13-7-6-8-14(17)9-13/h6-9H,10-12,18H2,1-5H3. The van der Waals surface area contributed by atoms with Crippen LogP contribution < -0.4 is 5.73 Å². The maximum absolute atomic E-state index is 13.3. The van der Waals surface area contributed by atoms with Gasteiger partial charge in [0.15, 0.2) is 0 Å². The van der Waals surface area contributed by atoms with E-state index in [1.165, 1.54) is 6.07 Å². The van der Waals surface area contributed by atoms with Crippen molar-refractivity contribution in [1.82, 2.24) is 4.90 Å². The van der Waals surface area contributed by atoms with Gasteiger partial charge in [-0.1, -0.05) is 32.9 Å². The predicted octanol–water partition coefficient (Wildman–Crippen LogP) is 3.06. The molecule has 0 aliphatic heterocycles. The van der Waals surface area contributed by atoms with Crippen molar-refractivity contribution in [3.63, 3.8) is 0 Å². The van der Waals surface area contributed by atoms with E-state index in [1.54, 1.807) is 12.1 Å². The van der Waals surface area contributed by atoms with E-state index in [4.69, 9.17) is 5.73 Å². The number of nitrogens with two attached hydrogens (primary N) is 1. The smallest absolute Gasteiger partial charge is 0.123 e. The van der Waals surface area contributed by atoms with Gasteiger partial charge in [-0.25, -0.2) is 4.39 Å². The molecule has 108 valence electrons. The van der Waals surface area contributed by atoms with E-state index in [0.717, 1.165) is 18.5 Å². The quantitative estimate of drug-likeness (QED) is 0.887. The second-order valence-electron chi connectivity index (χ2n) is 6.92. The molecule has 1 rings (SSSR count). The van der Waals surface area contributed by atoms with E-state index in [0.29, 0.717) is 6.54 Å². The molecule has 19 heavy (non-hydrogen) atoms. The minimum absolute atomic E-state index is 0.152. The van der Waals surface area contributed by atoms with Crippen molar-refractivity contribution in [2.75, 3.05) is 20.1 Å². The first kappa shape index (κ1) is 16.1. The minimum atomic E-state index is -0.185. The second-order valence-corrected chi connectivity index (χ2v) is 6.92. The van der Waals surface area contributed by atoms with Gasteiger partial charge in [-0.05, 0) is 43.5 Å². The van der Waals surface area contributed by atoms with Gasteiger partial charge in [-0.15, -0.1) is 0 Å². The summed E-state index contributed by atoms with van der Waals surface area (Å²) < 4.78 is 13.3. The van der Waals surface area contributed by atoms with Gasteiger partial charge in [0.2, 0.25) is 0 Å². The molecule has 0 aliphatic carbocycles. The van der Waals surface area contributed by atoms with Crippen molar-refractivity contribution in [2.45, 2.75) is 39.7 Å². The number of likely N-dealkylation sites (N-methyl/N-ethyl adjacent to an activating group) is 1. The molecule has 1 aromatic carbocycles. The van der Waals surface area contributed by atoms with Crippen LogP contribution in [0.4, 0.5) is 4.39 Å². The van der Waals surface area contributed by atoms with Gasteiger partial charge in [-0.2, -0.15) is 0 Å². The zero-order valence-corrected chi connectivity index (χ0v) is 12.8. The Morgan fingerprint density at radius 2 is 1.84 bits per heavy atom. The zero-order chi connectivity index (χ0) is 14.7. The topological polar surface area (TPSA) is 29.3 Å². The van der Waals surface area contributed by atoms with Crippen LogP contribution in [-0.2, 0) is 6.42 Å². The molecular weight excluding hydrogens is 239 g/mol. The molecule has 0 aromatic heterocycles. The Morgan fingerprint density at radius 3 is 2.32 bits per heavy atom. The Hall–Kier alpha value is -0.930. The lowest BCUT2D eigenvalue weighted by Crippen LogP contribution is -2.53. The first-order chi connectivity index (χ1) is 8.66. The van der Waals surface area contributed by atoms with Crippen LogP contribution in [0.15, 0.2) is 24.3 Å². The molecule has 0 amide bonds. The summed E-state index contributed by atoms with van der Waals surface area (Å²) in [4.78, 5) is 2.29. The normalized spacial score (nSPS) is 15.6. The highest BCUT2D eigenvalue weighted by molar-refractivity contribution is 5.19. The molecule has 0 radical (unpaired) electrons. The van der Waals surface area contributed by atoms with Gasteiger partial charge in [0.25, 0.3) is 0 Å². The molecule has 0 fully saturated rings. The van der Waals surface area contributed by atoms with E-state index in [9.17, 15) is 4.39 Å². The minimum Gasteiger partial charge on any atom is -0.329 e. The Balaban J connectivity index is 2.85. The first-order valence-corrected chi connectivity index (χ1v) is 6.82. The van der Waals surface area contributed by atoms with Gasteiger partial charge in [-0.3, -0.25) is 4.90 Å². The van der Waals surface area contributed by atoms with Gasteiger partial charge in [0.1, 0.15) is 5.82 Å². The molecule has 1 atom stereocenters. The molecule has 2 nitrogen and oxygen atoms in total. The Morgan fingerprint density at radius 1 is 1.21 bits per heavy atom. The fourth-order valence-corrected chi connectivity index (χ4v) is 2.35. The van der Waals surface area contributed by atoms with E-state index in [-0.39, 0.29) is 16.8 Å². The summed E-state index contributed by atoms with van der Waals surface area (Å²) in [6, 6.07) is 6.79. The van der Waals surface area contributed by atoms with Crippen LogP contribution in [0.3, 0.4) is 0 Å². The van der Waals surface area contributed by atoms with Crippen molar-refractivity contribution < 1.29 is 4.39 Å². The Labute approximate surface area is 116 Å². The molecule has 0 bridgehead atoms. The van der Waals surface area contributed by atoms with Crippen LogP contribution in [-0.4, -0.2) is 30.6 Å². The van der Waals surface area contributed by atoms with Crippen molar-refractivity contribution in [2.24, 2.45) is 11.1 Å². The van der Waals surface area contributed by atoms with Crippen molar-refractivity contribution >= 4 is 0 Å². The summed E-state index contributed by atoms with van der Waals surface area (Å²) in [6.07, 6.45) is 0.758. The maximum Gasteiger partial charge on any atom is 0.123 e. The SMILES string of the molecule is CN(CC(C)(C)C)C(C)(CN)Cc1cccc(F)c1. The summed E-state index contributed by atoms with van der Waals surface area (Å²) in [7, 11) is 2.09. The second kappa shape index (κ2) is 6.02. The highest BCUT2D eigenvalue weighted by atomic mass is 19.1. The Bertz CT molecular complexity index is 411. The van der Waals surface area contributed by atoms with Crippen molar-refractivity contribution in [3.8, 4) is 0 Å². The fraction of sp³-hybridized carbons (Fsp3) is 0.625. The monoisotopic (exact) mass is 266 g/mol. The third-order valence-corrected chi connectivity index (χ3v) is 3.55. The molecule has 0 saturated carbocycles. The van der Waals surface area contributed by atoms with E-state index >= 15 is 0 Å². The highest BCUT2D eigenvalue weighted by Gasteiger charge is 2.30. The number of benzene rings is 1. The number of hydrogen-bond acceptors (Lipinski definition) is 2. The average molecular weight is 266 g/mol. The van der Waals surface area contributed by atoms with E-state index in [1.807, 2.05) is 6.07 Å². The maximum atomic E-state index is 13.3. The number of rotatable bonds is 5. The third-order valence-electron chi connectivity index (χ3n) is 3.55. The molecule has 0 aliphatic rings. The van der Waals surface area contributed by atoms with Crippen LogP contribution >= 0.6 is 0 Å². The summed E-state index contributed by atoms with van der Waals surface area (Å²) in [6.45, 7) is 10.3. The molecule has 0 saturated heterocycles. The summed E-state index contributed by atoms with van der Waals surface area (Å²) in [5, 5.41) is 0. The van der Waals surface area contributed by atoms with Crippen molar-refractivity contribution in [1.29, 1.82) is 0 Å². The summed E-state index contributed by atoms with van der Waals surface area (Å²) >= 11 is 0. The lowest BCUT2D eigenvalue weighted by molar-refractivity contribution is 0.100. The lowest BCUT2D eigenvalue weighted by Gasteiger charge is -2.41. The third kappa shape index (κ3) is 4.92. The molecule has 0 heterocycles. The van der Waals surface area contributed by atoms with Crippen molar-refractivity contribution in [3.05, 3.63) is 35.6 Å². The molecular formula is C16H27FN2. The van der Waals surface area contributed by atoms with Gasteiger partial charge in [0, 0.05) is 18.6 Å². The van der Waals surface area contributed by atoms with Crippen LogP contribution in [0.5, 0.6) is 0 Å². The van der Waals surface area contributed by atoms with Crippen LogP contribution in [0, 0.1) is 11.2 Å². The average Bonchev–Trinajstić information content (AvgIpc) is 2.26. The number of hydrogen-bond donors (Lipinski definition) is 1. The molecule has 0 spiro atoms. The summed E-state index contributed by atoms with van der Waals surface area (Å²) in [5.41, 5.74) is 7.04. The molecule has 1 unspecified atom stereocenters. The van der Waals surface area contributed by atoms with Gasteiger partial charge >= 0.3 is 0 Å². The van der Waals surface area contributed by atoms with E-state index < -0.39 is 0 Å². The summed E-state index contributed by atoms with van der Waals surface area (Å²) in [5.74, 6) is -0.185. The lowest BCUT2D eigenvalue weighted by atomic mass is 9.88. The largest absolute Gasteiger partial charge is 0.329 e. The van der Waals surface area contributed by atoms with Gasteiger partial charge in [0.05, 0.1) is 0 Å². The molecule has 2 N–H and O–H groups in total. The molecule has 3 heteroatoms. The predicted molar refractivity (Wildman–Crippen MR) is 79.6 cm³/mol. The number of nitrogens with zero attached hydrogens (tertiary/aromatic N) is 1. The molecule has 1 aromatic rings. The van der Waals surface area contributed by atoms with Crippen LogP contribution in [0.2, 0.25) is 0 Å². The van der Waals surface area contributed by atoms with Gasteiger partial charge < -0.3 is 5.73 Å². The Kier molecular flexibility index (Phi) is 5.11. The van der Waals surface area contributed by atoms with E-state index in [2.05, 4.69) is 39.6 Å². The first-order valence-electron chi connectivity index (χ1n) is 6.82. The fourth-order valence-electron chi connectivity index (χ4n) is 2.35. The zero-order valence-electron chi connectivity index (χ0n) is 12.8. The van der Waals surface area contributed by atoms with Crippen LogP contribution in [0.25, 0.3) is 0 Å². The highest BCUT2D eigenvalue weighted by Crippen LogP contribution is 2.24.